The first-order chi connectivity index (χ1) is 11.7. The van der Waals surface area contributed by atoms with Crippen molar-refractivity contribution < 1.29 is 19.8 Å². The molecule has 1 rings (SSSR count). The van der Waals surface area contributed by atoms with Crippen LogP contribution < -0.4 is 0 Å². The van der Waals surface area contributed by atoms with Gasteiger partial charge in [0.2, 0.25) is 0 Å². The van der Waals surface area contributed by atoms with E-state index in [0.717, 1.165) is 11.1 Å². The Hall–Kier alpha value is -1.67. The number of hydrogen-bond donors (Lipinski definition) is 2. The van der Waals surface area contributed by atoms with Gasteiger partial charge < -0.3 is 10.2 Å². The van der Waals surface area contributed by atoms with Crippen LogP contribution in [-0.4, -0.2) is 38.3 Å². The molecular formula is C20H32O4Si2. The fourth-order valence-corrected chi connectivity index (χ4v) is 5.28. The first kappa shape index (κ1) is 22.4. The van der Waals surface area contributed by atoms with Crippen molar-refractivity contribution in [2.75, 3.05) is 0 Å². The van der Waals surface area contributed by atoms with Crippen LogP contribution in [-0.2, 0) is 9.59 Å². The zero-order valence-electron chi connectivity index (χ0n) is 17.2. The molecular weight excluding hydrogens is 360 g/mol. The van der Waals surface area contributed by atoms with E-state index in [1.165, 1.54) is 0 Å². The highest BCUT2D eigenvalue weighted by molar-refractivity contribution is 6.79. The van der Waals surface area contributed by atoms with Crippen molar-refractivity contribution in [2.45, 2.75) is 64.2 Å². The molecule has 0 bridgehead atoms. The highest BCUT2D eigenvalue weighted by Crippen LogP contribution is 2.42. The lowest BCUT2D eigenvalue weighted by Gasteiger charge is -2.33. The fraction of sp³-hybridized carbons (Fsp3) is 0.500. The van der Waals surface area contributed by atoms with Gasteiger partial charge in [0.1, 0.15) is 5.57 Å². The maximum Gasteiger partial charge on any atom is 0.343 e. The molecule has 144 valence electrons. The molecule has 26 heavy (non-hydrogen) atoms. The third-order valence-electron chi connectivity index (χ3n) is 5.45. The number of carboxylic acids is 2. The molecule has 2 N–H and O–H groups in total. The molecule has 0 spiro atoms. The molecule has 0 aliphatic rings. The van der Waals surface area contributed by atoms with Gasteiger partial charge in [0, 0.05) is 0 Å². The maximum atomic E-state index is 11.9. The van der Waals surface area contributed by atoms with E-state index in [-0.39, 0.29) is 11.1 Å². The Balaban J connectivity index is 3.91. The van der Waals surface area contributed by atoms with Gasteiger partial charge in [0.25, 0.3) is 0 Å². The second-order valence-corrected chi connectivity index (χ2v) is 20.4. The van der Waals surface area contributed by atoms with Crippen molar-refractivity contribution >= 4 is 33.7 Å². The summed E-state index contributed by atoms with van der Waals surface area (Å²) in [7, 11) is -3.39. The zero-order chi connectivity index (χ0) is 20.4. The number of allylic oxidation sites excluding steroid dienone is 1. The Bertz CT molecular complexity index is 708. The molecule has 2 atom stereocenters. The maximum absolute atomic E-state index is 11.9. The lowest BCUT2D eigenvalue weighted by atomic mass is 9.91. The van der Waals surface area contributed by atoms with Gasteiger partial charge in [0.05, 0.1) is 16.1 Å². The Morgan fingerprint density at radius 1 is 0.846 bits per heavy atom. The standard InChI is InChI=1S/C20H32O4Si2/c1-13(25(3,4)5)15-11-9-10-12-16(15)17(14(2)26(6,7)8)18(19(21)22)20(23)24/h9-14H,1-8H3,(H,21,22)(H,23,24). The van der Waals surface area contributed by atoms with Crippen LogP contribution in [0.15, 0.2) is 29.8 Å². The number of carboxylic acid groups (broad SMARTS) is 2. The first-order valence-corrected chi connectivity index (χ1v) is 16.1. The number of benzene rings is 1. The second kappa shape index (κ2) is 7.92. The minimum Gasteiger partial charge on any atom is -0.477 e. The molecule has 0 saturated carbocycles. The summed E-state index contributed by atoms with van der Waals surface area (Å²) in [5, 5.41) is 19.3. The number of aliphatic carboxylic acids is 2. The molecule has 0 radical (unpaired) electrons. The van der Waals surface area contributed by atoms with Crippen LogP contribution in [0.3, 0.4) is 0 Å². The summed E-state index contributed by atoms with van der Waals surface area (Å²) in [6.07, 6.45) is 0. The minimum atomic E-state index is -1.84. The SMILES string of the molecule is CC(C(=C(C(=O)O)C(=O)O)c1ccccc1C(C)[Si](C)(C)C)[Si](C)(C)C. The molecule has 1 aromatic carbocycles. The average molecular weight is 393 g/mol. The number of rotatable bonds is 7. The Labute approximate surface area is 159 Å². The lowest BCUT2D eigenvalue weighted by Crippen LogP contribution is -2.32. The van der Waals surface area contributed by atoms with Gasteiger partial charge in [-0.1, -0.05) is 77.4 Å². The summed E-state index contributed by atoms with van der Waals surface area (Å²) in [5.41, 5.74) is 2.02. The van der Waals surface area contributed by atoms with Gasteiger partial charge in [-0.3, -0.25) is 0 Å². The van der Waals surface area contributed by atoms with Crippen LogP contribution in [0.2, 0.25) is 44.8 Å². The van der Waals surface area contributed by atoms with E-state index in [0.29, 0.717) is 5.57 Å². The van der Waals surface area contributed by atoms with Crippen LogP contribution in [0.25, 0.3) is 5.57 Å². The summed E-state index contributed by atoms with van der Waals surface area (Å²) < 4.78 is 0. The third-order valence-corrected chi connectivity index (χ3v) is 11.2. The molecule has 0 saturated heterocycles. The second-order valence-electron chi connectivity index (χ2n) is 9.16. The zero-order valence-corrected chi connectivity index (χ0v) is 19.2. The van der Waals surface area contributed by atoms with Gasteiger partial charge in [-0.05, 0) is 27.8 Å². The number of hydrogen-bond acceptors (Lipinski definition) is 2. The van der Waals surface area contributed by atoms with Crippen LogP contribution in [0.1, 0.15) is 30.5 Å². The molecule has 0 heterocycles. The molecule has 2 unspecified atom stereocenters. The summed E-state index contributed by atoms with van der Waals surface area (Å²) in [4.78, 5) is 23.7. The fourth-order valence-electron chi connectivity index (χ4n) is 2.93. The molecule has 0 aromatic heterocycles. The molecule has 6 heteroatoms. The summed E-state index contributed by atoms with van der Waals surface area (Å²) >= 11 is 0. The number of carbonyl (C=O) groups is 2. The molecule has 0 fully saturated rings. The van der Waals surface area contributed by atoms with Gasteiger partial charge in [-0.15, -0.1) is 0 Å². The van der Waals surface area contributed by atoms with E-state index in [2.05, 4.69) is 46.2 Å². The lowest BCUT2D eigenvalue weighted by molar-refractivity contribution is -0.140. The Morgan fingerprint density at radius 2 is 1.31 bits per heavy atom. The summed E-state index contributed by atoms with van der Waals surface area (Å²) in [5.74, 6) is -2.74. The average Bonchev–Trinajstić information content (AvgIpc) is 2.48. The van der Waals surface area contributed by atoms with Crippen molar-refractivity contribution in [3.63, 3.8) is 0 Å². The van der Waals surface area contributed by atoms with E-state index >= 15 is 0 Å². The normalized spacial score (nSPS) is 14.5. The van der Waals surface area contributed by atoms with Crippen molar-refractivity contribution in [3.05, 3.63) is 41.0 Å². The summed E-state index contributed by atoms with van der Waals surface area (Å²) in [6, 6.07) is 7.74. The molecule has 1 aromatic rings. The van der Waals surface area contributed by atoms with Crippen LogP contribution in [0, 0.1) is 0 Å². The van der Waals surface area contributed by atoms with Crippen LogP contribution in [0.4, 0.5) is 0 Å². The smallest absolute Gasteiger partial charge is 0.343 e. The molecule has 0 aliphatic carbocycles. The topological polar surface area (TPSA) is 74.6 Å². The van der Waals surface area contributed by atoms with E-state index < -0.39 is 33.7 Å². The highest BCUT2D eigenvalue weighted by atomic mass is 28.3. The van der Waals surface area contributed by atoms with Crippen LogP contribution in [0.5, 0.6) is 0 Å². The molecule has 4 nitrogen and oxygen atoms in total. The largest absolute Gasteiger partial charge is 0.477 e. The quantitative estimate of drug-likeness (QED) is 0.285. The van der Waals surface area contributed by atoms with E-state index in [1.54, 1.807) is 0 Å². The van der Waals surface area contributed by atoms with E-state index in [4.69, 9.17) is 0 Å². The summed E-state index contributed by atoms with van der Waals surface area (Å²) in [6.45, 7) is 17.4. The van der Waals surface area contributed by atoms with Crippen molar-refractivity contribution in [3.8, 4) is 0 Å². The predicted octanol–water partition coefficient (Wildman–Crippen LogP) is 5.32. The minimum absolute atomic E-state index is 0.0975. The van der Waals surface area contributed by atoms with E-state index in [1.807, 2.05) is 31.2 Å². The van der Waals surface area contributed by atoms with E-state index in [9.17, 15) is 19.8 Å². The Morgan fingerprint density at radius 3 is 1.69 bits per heavy atom. The van der Waals surface area contributed by atoms with Gasteiger partial charge >= 0.3 is 11.9 Å². The van der Waals surface area contributed by atoms with Gasteiger partial charge in [-0.25, -0.2) is 9.59 Å². The van der Waals surface area contributed by atoms with Crippen LogP contribution >= 0.6 is 0 Å². The Kier molecular flexibility index (Phi) is 6.82. The highest BCUT2D eigenvalue weighted by Gasteiger charge is 2.36. The third kappa shape index (κ3) is 4.95. The van der Waals surface area contributed by atoms with Crippen molar-refractivity contribution in [1.29, 1.82) is 0 Å². The van der Waals surface area contributed by atoms with Gasteiger partial charge in [0.15, 0.2) is 0 Å². The molecule has 0 amide bonds. The molecule has 0 aliphatic heterocycles. The van der Waals surface area contributed by atoms with Crippen molar-refractivity contribution in [1.82, 2.24) is 0 Å². The van der Waals surface area contributed by atoms with Crippen molar-refractivity contribution in [2.24, 2.45) is 0 Å². The predicted molar refractivity (Wildman–Crippen MR) is 113 cm³/mol. The monoisotopic (exact) mass is 392 g/mol. The van der Waals surface area contributed by atoms with Gasteiger partial charge in [-0.2, -0.15) is 0 Å². The first-order valence-electron chi connectivity index (χ1n) is 8.99.